The zero-order chi connectivity index (χ0) is 14.0. The molecule has 0 atom stereocenters. The Morgan fingerprint density at radius 1 is 1.32 bits per heavy atom. The monoisotopic (exact) mass is 310 g/mol. The van der Waals surface area contributed by atoms with Crippen molar-refractivity contribution < 1.29 is 17.6 Å². The summed E-state index contributed by atoms with van der Waals surface area (Å²) >= 11 is 10.6. The minimum Gasteiger partial charge on any atom is -0.330 e. The van der Waals surface area contributed by atoms with Gasteiger partial charge in [0.05, 0.1) is 16.1 Å². The fraction of sp³-hybridized carbons (Fsp3) is 0.364. The molecule has 3 rings (SSSR count). The molecule has 1 aliphatic carbocycles. The molecule has 0 amide bonds. The zero-order valence-electron chi connectivity index (χ0n) is 9.31. The minimum absolute atomic E-state index is 0.0350. The third-order valence-electron chi connectivity index (χ3n) is 3.40. The Labute approximate surface area is 115 Å². The van der Waals surface area contributed by atoms with E-state index in [9.17, 15) is 17.6 Å². The van der Waals surface area contributed by atoms with E-state index in [1.165, 1.54) is 6.07 Å². The predicted octanol–water partition coefficient (Wildman–Crippen LogP) is 4.54. The molecule has 1 fully saturated rings. The van der Waals surface area contributed by atoms with E-state index < -0.39 is 17.5 Å². The largest absolute Gasteiger partial charge is 0.412 e. The first-order chi connectivity index (χ1) is 8.76. The Morgan fingerprint density at radius 3 is 2.47 bits per heavy atom. The van der Waals surface area contributed by atoms with Crippen molar-refractivity contribution in [2.24, 2.45) is 0 Å². The highest BCUT2D eigenvalue weighted by atomic mass is 35.5. The van der Waals surface area contributed by atoms with Gasteiger partial charge < -0.3 is 9.55 Å². The second-order valence-electron chi connectivity index (χ2n) is 4.58. The molecule has 1 aromatic heterocycles. The van der Waals surface area contributed by atoms with Crippen LogP contribution in [0.3, 0.4) is 0 Å². The van der Waals surface area contributed by atoms with E-state index >= 15 is 0 Å². The van der Waals surface area contributed by atoms with Gasteiger partial charge in [-0.25, -0.2) is 4.39 Å². The molecule has 2 aromatic rings. The quantitative estimate of drug-likeness (QED) is 0.605. The van der Waals surface area contributed by atoms with Crippen molar-refractivity contribution in [2.45, 2.75) is 24.6 Å². The lowest BCUT2D eigenvalue weighted by Gasteiger charge is -2.21. The molecular weight excluding hydrogens is 304 g/mol. The zero-order valence-corrected chi connectivity index (χ0v) is 10.9. The van der Waals surface area contributed by atoms with E-state index in [2.05, 4.69) is 4.98 Å². The van der Waals surface area contributed by atoms with Gasteiger partial charge in [0.2, 0.25) is 0 Å². The molecule has 0 unspecified atom stereocenters. The molecule has 102 valence electrons. The van der Waals surface area contributed by atoms with Gasteiger partial charge in [0.15, 0.2) is 4.77 Å². The number of rotatable bonds is 1. The highest BCUT2D eigenvalue weighted by molar-refractivity contribution is 7.71. The summed E-state index contributed by atoms with van der Waals surface area (Å²) in [6, 6.07) is 2.22. The molecule has 1 aliphatic rings. The summed E-state index contributed by atoms with van der Waals surface area (Å²) < 4.78 is 53.7. The van der Waals surface area contributed by atoms with Gasteiger partial charge in [-0.1, -0.05) is 11.6 Å². The number of halogens is 5. The molecule has 19 heavy (non-hydrogen) atoms. The molecule has 0 saturated heterocycles. The van der Waals surface area contributed by atoms with Gasteiger partial charge in [0, 0.05) is 6.07 Å². The van der Waals surface area contributed by atoms with Crippen LogP contribution in [-0.4, -0.2) is 15.7 Å². The molecular formula is C11H7ClF4N2S. The number of aromatic amines is 1. The summed E-state index contributed by atoms with van der Waals surface area (Å²) in [7, 11) is 0. The number of alkyl halides is 3. The Bertz CT molecular complexity index is 727. The van der Waals surface area contributed by atoms with Crippen LogP contribution in [0.4, 0.5) is 17.6 Å². The fourth-order valence-corrected chi connectivity index (χ4v) is 2.82. The van der Waals surface area contributed by atoms with Gasteiger partial charge in [-0.05, 0) is 31.1 Å². The summed E-state index contributed by atoms with van der Waals surface area (Å²) in [5, 5.41) is -0.228. The fourth-order valence-electron chi connectivity index (χ4n) is 2.28. The average molecular weight is 311 g/mol. The number of imidazole rings is 1. The molecule has 2 nitrogen and oxygen atoms in total. The van der Waals surface area contributed by atoms with E-state index in [1.54, 1.807) is 0 Å². The Hall–Kier alpha value is -1.08. The molecule has 1 N–H and O–H groups in total. The Balaban J connectivity index is 2.34. The number of nitrogens with zero attached hydrogens (tertiary/aromatic N) is 1. The van der Waals surface area contributed by atoms with Crippen LogP contribution in [-0.2, 0) is 5.54 Å². The maximum Gasteiger partial charge on any atom is 0.412 e. The van der Waals surface area contributed by atoms with Crippen LogP contribution in [0, 0.1) is 10.6 Å². The lowest BCUT2D eigenvalue weighted by Crippen LogP contribution is -2.34. The summed E-state index contributed by atoms with van der Waals surface area (Å²) in [4.78, 5) is 2.59. The Morgan fingerprint density at radius 2 is 1.95 bits per heavy atom. The third-order valence-corrected chi connectivity index (χ3v) is 3.98. The van der Waals surface area contributed by atoms with Crippen molar-refractivity contribution >= 4 is 34.9 Å². The molecule has 1 saturated carbocycles. The van der Waals surface area contributed by atoms with E-state index in [0.29, 0.717) is 0 Å². The van der Waals surface area contributed by atoms with Crippen LogP contribution in [0.5, 0.6) is 0 Å². The summed E-state index contributed by atoms with van der Waals surface area (Å²) in [5.41, 5.74) is -1.60. The smallest absolute Gasteiger partial charge is 0.330 e. The van der Waals surface area contributed by atoms with Crippen LogP contribution < -0.4 is 0 Å². The van der Waals surface area contributed by atoms with Gasteiger partial charge in [-0.15, -0.1) is 0 Å². The molecule has 8 heteroatoms. The number of hydrogen-bond acceptors (Lipinski definition) is 1. The minimum atomic E-state index is -4.40. The number of benzene rings is 1. The van der Waals surface area contributed by atoms with E-state index in [1.807, 2.05) is 0 Å². The van der Waals surface area contributed by atoms with Crippen molar-refractivity contribution in [3.8, 4) is 0 Å². The standard InChI is InChI=1S/C11H7ClF4N2S/c12-5-3-8-7(4-6(5)13)17-9(19)18(8)10(1-2-10)11(14,15)16/h3-4H,1-2H2,(H,17,19). The highest BCUT2D eigenvalue weighted by Crippen LogP contribution is 2.56. The van der Waals surface area contributed by atoms with Gasteiger partial charge in [-0.3, -0.25) is 0 Å². The van der Waals surface area contributed by atoms with Gasteiger partial charge in [-0.2, -0.15) is 13.2 Å². The van der Waals surface area contributed by atoms with Crippen molar-refractivity contribution in [3.05, 3.63) is 27.7 Å². The summed E-state index contributed by atoms with van der Waals surface area (Å²) in [6.45, 7) is 0. The number of aromatic nitrogens is 2. The third kappa shape index (κ3) is 1.71. The maximum absolute atomic E-state index is 13.3. The summed E-state index contributed by atoms with van der Waals surface area (Å²) in [5.74, 6) is -0.700. The van der Waals surface area contributed by atoms with Crippen molar-refractivity contribution in [1.29, 1.82) is 0 Å². The molecule has 0 aliphatic heterocycles. The average Bonchev–Trinajstić information content (AvgIpc) is 3.01. The molecule has 0 spiro atoms. The normalized spacial score (nSPS) is 17.9. The number of fused-ring (bicyclic) bond motifs is 1. The van der Waals surface area contributed by atoms with Crippen LogP contribution >= 0.6 is 23.8 Å². The van der Waals surface area contributed by atoms with E-state index in [0.717, 1.165) is 10.6 Å². The lowest BCUT2D eigenvalue weighted by molar-refractivity contribution is -0.179. The first-order valence-electron chi connectivity index (χ1n) is 5.43. The predicted molar refractivity (Wildman–Crippen MR) is 65.4 cm³/mol. The SMILES string of the molecule is Fc1cc2[nH]c(=S)n(C3(C(F)(F)F)CC3)c2cc1Cl. The van der Waals surface area contributed by atoms with Crippen molar-refractivity contribution in [1.82, 2.24) is 9.55 Å². The van der Waals surface area contributed by atoms with Crippen LogP contribution in [0.25, 0.3) is 11.0 Å². The van der Waals surface area contributed by atoms with E-state index in [-0.39, 0.29) is 33.7 Å². The number of nitrogens with one attached hydrogen (secondary N) is 1. The van der Waals surface area contributed by atoms with Gasteiger partial charge in [0.1, 0.15) is 11.4 Å². The van der Waals surface area contributed by atoms with Crippen molar-refractivity contribution in [3.63, 3.8) is 0 Å². The molecule has 1 aromatic carbocycles. The first kappa shape index (κ1) is 12.9. The van der Waals surface area contributed by atoms with E-state index in [4.69, 9.17) is 23.8 Å². The first-order valence-corrected chi connectivity index (χ1v) is 6.22. The van der Waals surface area contributed by atoms with Crippen LogP contribution in [0.15, 0.2) is 12.1 Å². The Kier molecular flexibility index (Phi) is 2.54. The lowest BCUT2D eigenvalue weighted by atomic mass is 10.2. The molecule has 0 radical (unpaired) electrons. The number of H-pyrrole nitrogens is 1. The van der Waals surface area contributed by atoms with Crippen molar-refractivity contribution in [2.75, 3.05) is 0 Å². The highest BCUT2D eigenvalue weighted by Gasteiger charge is 2.65. The molecule has 1 heterocycles. The maximum atomic E-state index is 13.3. The van der Waals surface area contributed by atoms with Gasteiger partial charge >= 0.3 is 6.18 Å². The number of hydrogen-bond donors (Lipinski definition) is 1. The van der Waals surface area contributed by atoms with Gasteiger partial charge in [0.25, 0.3) is 0 Å². The second kappa shape index (κ2) is 3.73. The molecule has 0 bridgehead atoms. The topological polar surface area (TPSA) is 20.7 Å². The van der Waals surface area contributed by atoms with Crippen LogP contribution in [0.2, 0.25) is 5.02 Å². The van der Waals surface area contributed by atoms with Crippen LogP contribution in [0.1, 0.15) is 12.8 Å². The second-order valence-corrected chi connectivity index (χ2v) is 5.37. The summed E-state index contributed by atoms with van der Waals surface area (Å²) in [6.07, 6.45) is -4.47.